The highest BCUT2D eigenvalue weighted by molar-refractivity contribution is 7.91. The van der Waals surface area contributed by atoms with E-state index in [0.717, 1.165) is 11.0 Å². The molecule has 0 aliphatic carbocycles. The van der Waals surface area contributed by atoms with Crippen LogP contribution in [0.5, 0.6) is 0 Å². The van der Waals surface area contributed by atoms with Gasteiger partial charge in [-0.15, -0.1) is 11.3 Å². The summed E-state index contributed by atoms with van der Waals surface area (Å²) in [5, 5.41) is 4.18. The van der Waals surface area contributed by atoms with Crippen molar-refractivity contribution in [3.05, 3.63) is 47.3 Å². The van der Waals surface area contributed by atoms with Crippen LogP contribution in [0.15, 0.2) is 39.9 Å². The molecule has 3 rings (SSSR count). The summed E-state index contributed by atoms with van der Waals surface area (Å²) >= 11 is 1.18. The first-order valence-corrected chi connectivity index (χ1v) is 10.7. The van der Waals surface area contributed by atoms with Gasteiger partial charge in [0.15, 0.2) is 6.04 Å². The Morgan fingerprint density at radius 2 is 1.96 bits per heavy atom. The third-order valence-electron chi connectivity index (χ3n) is 4.65. The third-order valence-corrected chi connectivity index (χ3v) is 7.92. The fourth-order valence-electron chi connectivity index (χ4n) is 3.00. The fraction of sp³-hybridized carbons (Fsp3) is 0.353. The van der Waals surface area contributed by atoms with Crippen LogP contribution in [0.3, 0.4) is 0 Å². The van der Waals surface area contributed by atoms with Crippen molar-refractivity contribution in [2.24, 2.45) is 0 Å². The molecule has 1 aliphatic rings. The van der Waals surface area contributed by atoms with Crippen molar-refractivity contribution in [1.29, 1.82) is 0 Å². The maximum Gasteiger partial charge on any atom is 0.282 e. The number of carbonyl (C=O) groups excluding carboxylic acids is 1. The molecule has 1 aliphatic heterocycles. The van der Waals surface area contributed by atoms with Crippen LogP contribution in [0.25, 0.3) is 0 Å². The van der Waals surface area contributed by atoms with E-state index in [-0.39, 0.29) is 5.69 Å². The van der Waals surface area contributed by atoms with Crippen LogP contribution in [0.1, 0.15) is 6.92 Å². The van der Waals surface area contributed by atoms with Gasteiger partial charge in [-0.1, -0.05) is 6.07 Å². The molecule has 146 valence electrons. The van der Waals surface area contributed by atoms with Crippen molar-refractivity contribution in [2.45, 2.75) is 17.2 Å². The van der Waals surface area contributed by atoms with Crippen LogP contribution in [-0.4, -0.2) is 50.9 Å². The predicted molar refractivity (Wildman–Crippen MR) is 98.2 cm³/mol. The Morgan fingerprint density at radius 3 is 2.56 bits per heavy atom. The summed E-state index contributed by atoms with van der Waals surface area (Å²) in [6, 6.07) is 5.73. The molecule has 1 aromatic heterocycles. The third kappa shape index (κ3) is 4.34. The second kappa shape index (κ2) is 8.01. The first-order valence-electron chi connectivity index (χ1n) is 8.43. The number of nitrogens with one attached hydrogen (secondary N) is 2. The number of hydrogen-bond acceptors (Lipinski definition) is 4. The van der Waals surface area contributed by atoms with E-state index in [1.54, 1.807) is 24.4 Å². The number of benzene rings is 1. The molecule has 1 saturated heterocycles. The van der Waals surface area contributed by atoms with E-state index in [1.807, 2.05) is 0 Å². The van der Waals surface area contributed by atoms with Crippen LogP contribution in [0.4, 0.5) is 14.5 Å². The van der Waals surface area contributed by atoms with Crippen molar-refractivity contribution in [1.82, 2.24) is 4.31 Å². The minimum atomic E-state index is -3.49. The van der Waals surface area contributed by atoms with Crippen molar-refractivity contribution in [2.75, 3.05) is 31.5 Å². The Bertz CT molecular complexity index is 912. The SMILES string of the molecule is C[C@@H](C(=O)Nc1ccc(F)cc1F)[NH+]1CCN(S(=O)(=O)c2cccs2)CC1. The molecule has 1 amide bonds. The molecule has 0 bridgehead atoms. The van der Waals surface area contributed by atoms with Gasteiger partial charge in [-0.25, -0.2) is 17.2 Å². The van der Waals surface area contributed by atoms with Crippen LogP contribution < -0.4 is 10.2 Å². The Balaban J connectivity index is 1.59. The Hall–Kier alpha value is -1.88. The number of quaternary nitrogens is 1. The number of nitrogens with zero attached hydrogens (tertiary/aromatic N) is 1. The molecule has 1 fully saturated rings. The Morgan fingerprint density at radius 1 is 1.26 bits per heavy atom. The van der Waals surface area contributed by atoms with E-state index in [9.17, 15) is 22.0 Å². The smallest absolute Gasteiger partial charge is 0.282 e. The predicted octanol–water partition coefficient (Wildman–Crippen LogP) is 0.943. The first kappa shape index (κ1) is 19.9. The van der Waals surface area contributed by atoms with Crippen LogP contribution in [0, 0.1) is 11.6 Å². The van der Waals surface area contributed by atoms with Crippen LogP contribution >= 0.6 is 11.3 Å². The molecule has 0 unspecified atom stereocenters. The minimum Gasteiger partial charge on any atom is -0.323 e. The van der Waals surface area contributed by atoms with E-state index in [4.69, 9.17) is 0 Å². The number of piperazine rings is 1. The number of amides is 1. The van der Waals surface area contributed by atoms with E-state index < -0.39 is 33.6 Å². The molecule has 0 spiro atoms. The van der Waals surface area contributed by atoms with Crippen LogP contribution in [-0.2, 0) is 14.8 Å². The van der Waals surface area contributed by atoms with Crippen LogP contribution in [0.2, 0.25) is 0 Å². The van der Waals surface area contributed by atoms with Crippen molar-refractivity contribution in [3.63, 3.8) is 0 Å². The van der Waals surface area contributed by atoms with Gasteiger partial charge in [-0.3, -0.25) is 4.79 Å². The van der Waals surface area contributed by atoms with Crippen molar-refractivity contribution >= 4 is 33.0 Å². The molecule has 27 heavy (non-hydrogen) atoms. The van der Waals surface area contributed by atoms with Gasteiger partial charge in [0.05, 0.1) is 31.9 Å². The fourth-order valence-corrected chi connectivity index (χ4v) is 5.59. The molecule has 6 nitrogen and oxygen atoms in total. The second-order valence-corrected chi connectivity index (χ2v) is 9.44. The molecular weight excluding hydrogens is 396 g/mol. The van der Waals surface area contributed by atoms with Gasteiger partial charge in [0, 0.05) is 6.07 Å². The zero-order chi connectivity index (χ0) is 19.6. The summed E-state index contributed by atoms with van der Waals surface area (Å²) in [7, 11) is -3.49. The van der Waals surface area contributed by atoms with Gasteiger partial charge in [0.2, 0.25) is 0 Å². The standard InChI is InChI=1S/C17H19F2N3O3S2/c1-12(17(23)20-15-5-4-13(18)11-14(15)19)21-6-8-22(9-7-21)27(24,25)16-3-2-10-26-16/h2-5,10-12H,6-9H2,1H3,(H,20,23)/p+1/t12-/m0/s1. The summed E-state index contributed by atoms with van der Waals surface area (Å²) < 4.78 is 53.5. The zero-order valence-electron chi connectivity index (χ0n) is 14.6. The van der Waals surface area contributed by atoms with Crippen molar-refractivity contribution < 1.29 is 26.9 Å². The summed E-state index contributed by atoms with van der Waals surface area (Å²) in [5.41, 5.74) is -0.0773. The topological polar surface area (TPSA) is 70.9 Å². The maximum absolute atomic E-state index is 13.7. The first-order chi connectivity index (χ1) is 12.8. The largest absolute Gasteiger partial charge is 0.323 e. The highest BCUT2D eigenvalue weighted by Crippen LogP contribution is 2.20. The summed E-state index contributed by atoms with van der Waals surface area (Å²) in [4.78, 5) is 13.3. The molecule has 1 aromatic carbocycles. The number of halogens is 2. The molecule has 2 aromatic rings. The number of carbonyl (C=O) groups is 1. The molecule has 0 radical (unpaired) electrons. The Kier molecular flexibility index (Phi) is 5.89. The highest BCUT2D eigenvalue weighted by atomic mass is 32.2. The molecule has 1 atom stereocenters. The number of thiophene rings is 1. The molecular formula is C17H20F2N3O3S2+. The van der Waals surface area contributed by atoms with Gasteiger partial charge in [0.25, 0.3) is 15.9 Å². The monoisotopic (exact) mass is 416 g/mol. The summed E-state index contributed by atoms with van der Waals surface area (Å²) in [6.45, 7) is 3.24. The molecule has 2 N–H and O–H groups in total. The lowest BCUT2D eigenvalue weighted by molar-refractivity contribution is -0.917. The number of rotatable bonds is 5. The van der Waals surface area contributed by atoms with Gasteiger partial charge in [-0.2, -0.15) is 4.31 Å². The quantitative estimate of drug-likeness (QED) is 0.762. The van der Waals surface area contributed by atoms with Gasteiger partial charge >= 0.3 is 0 Å². The van der Waals surface area contributed by atoms with E-state index in [1.165, 1.54) is 21.7 Å². The minimum absolute atomic E-state index is 0.0773. The Labute approximate surface area is 160 Å². The molecule has 0 saturated carbocycles. The average Bonchev–Trinajstić information content (AvgIpc) is 3.19. The summed E-state index contributed by atoms with van der Waals surface area (Å²) in [6.07, 6.45) is 0. The molecule has 2 heterocycles. The second-order valence-electron chi connectivity index (χ2n) is 6.33. The lowest BCUT2D eigenvalue weighted by Gasteiger charge is -2.33. The number of hydrogen-bond donors (Lipinski definition) is 2. The van der Waals surface area contributed by atoms with E-state index in [0.29, 0.717) is 36.5 Å². The van der Waals surface area contributed by atoms with Gasteiger partial charge in [0.1, 0.15) is 15.8 Å². The lowest BCUT2D eigenvalue weighted by atomic mass is 10.2. The normalized spacial score (nSPS) is 17.6. The average molecular weight is 416 g/mol. The van der Waals surface area contributed by atoms with Crippen molar-refractivity contribution in [3.8, 4) is 0 Å². The van der Waals surface area contributed by atoms with Gasteiger partial charge in [-0.05, 0) is 30.5 Å². The number of anilines is 1. The summed E-state index contributed by atoms with van der Waals surface area (Å²) in [5.74, 6) is -1.95. The van der Waals surface area contributed by atoms with E-state index in [2.05, 4.69) is 5.32 Å². The van der Waals surface area contributed by atoms with Gasteiger partial charge < -0.3 is 10.2 Å². The number of sulfonamides is 1. The zero-order valence-corrected chi connectivity index (χ0v) is 16.2. The lowest BCUT2D eigenvalue weighted by Crippen LogP contribution is -3.19. The van der Waals surface area contributed by atoms with E-state index >= 15 is 0 Å². The molecule has 10 heteroatoms. The highest BCUT2D eigenvalue weighted by Gasteiger charge is 2.35. The maximum atomic E-state index is 13.7.